The Morgan fingerprint density at radius 1 is 1.61 bits per heavy atom. The summed E-state index contributed by atoms with van der Waals surface area (Å²) >= 11 is 0. The number of nitrogens with one attached hydrogen (secondary N) is 1. The third kappa shape index (κ3) is 3.71. The summed E-state index contributed by atoms with van der Waals surface area (Å²) in [5, 5.41) is 31.9. The standard InChI is InChI=1S/C12H15N3O3/c1-2-11(16)5-6-14-12-4-3-10(15(17)18)7-9(12)8-13/h3-4,7,11,14,16H,2,5-6H2,1H3. The van der Waals surface area contributed by atoms with E-state index in [1.165, 1.54) is 18.2 Å². The van der Waals surface area contributed by atoms with Crippen molar-refractivity contribution in [1.82, 2.24) is 0 Å². The lowest BCUT2D eigenvalue weighted by Crippen LogP contribution is -2.12. The van der Waals surface area contributed by atoms with Crippen LogP contribution in [0.1, 0.15) is 25.3 Å². The number of aliphatic hydroxyl groups is 1. The van der Waals surface area contributed by atoms with Gasteiger partial charge in [-0.2, -0.15) is 5.26 Å². The summed E-state index contributed by atoms with van der Waals surface area (Å²) in [5.74, 6) is 0. The number of nitro groups is 1. The van der Waals surface area contributed by atoms with Gasteiger partial charge in [0, 0.05) is 18.7 Å². The van der Waals surface area contributed by atoms with Gasteiger partial charge in [0.2, 0.25) is 0 Å². The van der Waals surface area contributed by atoms with Crippen molar-refractivity contribution in [2.75, 3.05) is 11.9 Å². The molecule has 1 aromatic carbocycles. The van der Waals surface area contributed by atoms with Crippen molar-refractivity contribution < 1.29 is 10.0 Å². The SMILES string of the molecule is CCC(O)CCNc1ccc([N+](=O)[O-])cc1C#N. The highest BCUT2D eigenvalue weighted by atomic mass is 16.6. The first kappa shape index (κ1) is 13.9. The van der Waals surface area contributed by atoms with E-state index in [9.17, 15) is 15.2 Å². The number of nitro benzene ring substituents is 1. The molecular formula is C12H15N3O3. The van der Waals surface area contributed by atoms with Crippen LogP contribution in [0.25, 0.3) is 0 Å². The molecule has 0 aromatic heterocycles. The zero-order valence-electron chi connectivity index (χ0n) is 10.1. The Kier molecular flexibility index (Phi) is 5.08. The monoisotopic (exact) mass is 249 g/mol. The molecular weight excluding hydrogens is 234 g/mol. The number of rotatable bonds is 6. The van der Waals surface area contributed by atoms with Crippen LogP contribution in [-0.4, -0.2) is 22.7 Å². The number of non-ortho nitro benzene ring substituents is 1. The Labute approximate surface area is 105 Å². The normalized spacial score (nSPS) is 11.6. The average molecular weight is 249 g/mol. The molecule has 0 aliphatic heterocycles. The molecule has 96 valence electrons. The van der Waals surface area contributed by atoms with Crippen molar-refractivity contribution in [1.29, 1.82) is 5.26 Å². The second-order valence-electron chi connectivity index (χ2n) is 3.88. The minimum Gasteiger partial charge on any atom is -0.393 e. The van der Waals surface area contributed by atoms with Gasteiger partial charge in [0.05, 0.1) is 22.3 Å². The molecule has 6 heteroatoms. The van der Waals surface area contributed by atoms with Crippen molar-refractivity contribution in [2.45, 2.75) is 25.9 Å². The molecule has 0 amide bonds. The van der Waals surface area contributed by atoms with Crippen LogP contribution >= 0.6 is 0 Å². The van der Waals surface area contributed by atoms with E-state index in [1.54, 1.807) is 0 Å². The van der Waals surface area contributed by atoms with E-state index in [2.05, 4.69) is 5.32 Å². The van der Waals surface area contributed by atoms with Crippen molar-refractivity contribution in [2.24, 2.45) is 0 Å². The van der Waals surface area contributed by atoms with Gasteiger partial charge in [0.15, 0.2) is 0 Å². The molecule has 0 saturated heterocycles. The average Bonchev–Trinajstić information content (AvgIpc) is 2.38. The Hall–Kier alpha value is -2.13. The van der Waals surface area contributed by atoms with Gasteiger partial charge in [-0.15, -0.1) is 0 Å². The Bertz CT molecular complexity index is 468. The van der Waals surface area contributed by atoms with E-state index in [0.717, 1.165) is 0 Å². The maximum absolute atomic E-state index is 10.6. The number of anilines is 1. The first-order chi connectivity index (χ1) is 8.58. The Morgan fingerprint density at radius 2 is 2.33 bits per heavy atom. The molecule has 0 aliphatic carbocycles. The molecule has 1 rings (SSSR count). The van der Waals surface area contributed by atoms with Crippen LogP contribution in [0.4, 0.5) is 11.4 Å². The molecule has 0 bridgehead atoms. The zero-order chi connectivity index (χ0) is 13.5. The minimum atomic E-state index is -0.536. The number of nitriles is 1. The summed E-state index contributed by atoms with van der Waals surface area (Å²) < 4.78 is 0. The number of benzene rings is 1. The number of nitrogens with zero attached hydrogens (tertiary/aromatic N) is 2. The predicted octanol–water partition coefficient (Wildman–Crippen LogP) is 2.04. The van der Waals surface area contributed by atoms with Gasteiger partial charge in [-0.3, -0.25) is 10.1 Å². The maximum Gasteiger partial charge on any atom is 0.270 e. The molecule has 6 nitrogen and oxygen atoms in total. The van der Waals surface area contributed by atoms with Crippen molar-refractivity contribution in [3.05, 3.63) is 33.9 Å². The van der Waals surface area contributed by atoms with E-state index in [4.69, 9.17) is 5.26 Å². The summed E-state index contributed by atoms with van der Waals surface area (Å²) in [6.45, 7) is 2.40. The third-order valence-corrected chi connectivity index (χ3v) is 2.60. The van der Waals surface area contributed by atoms with Gasteiger partial charge < -0.3 is 10.4 Å². The predicted molar refractivity (Wildman–Crippen MR) is 67.2 cm³/mol. The zero-order valence-corrected chi connectivity index (χ0v) is 10.1. The van der Waals surface area contributed by atoms with E-state index in [0.29, 0.717) is 25.1 Å². The van der Waals surface area contributed by atoms with E-state index < -0.39 is 4.92 Å². The maximum atomic E-state index is 10.6. The Morgan fingerprint density at radius 3 is 2.89 bits per heavy atom. The molecule has 0 heterocycles. The quantitative estimate of drug-likeness (QED) is 0.593. The van der Waals surface area contributed by atoms with E-state index in [1.807, 2.05) is 13.0 Å². The van der Waals surface area contributed by atoms with Crippen LogP contribution in [0, 0.1) is 21.4 Å². The minimum absolute atomic E-state index is 0.106. The highest BCUT2D eigenvalue weighted by Crippen LogP contribution is 2.21. The van der Waals surface area contributed by atoms with Crippen LogP contribution in [0.3, 0.4) is 0 Å². The summed E-state index contributed by atoms with van der Waals surface area (Å²) in [5.41, 5.74) is 0.673. The van der Waals surface area contributed by atoms with Crippen molar-refractivity contribution >= 4 is 11.4 Å². The summed E-state index contributed by atoms with van der Waals surface area (Å²) in [4.78, 5) is 10.0. The van der Waals surface area contributed by atoms with E-state index in [-0.39, 0.29) is 17.4 Å². The summed E-state index contributed by atoms with van der Waals surface area (Å²) in [6.07, 6.45) is 0.867. The smallest absolute Gasteiger partial charge is 0.270 e. The number of hydrogen-bond acceptors (Lipinski definition) is 5. The van der Waals surface area contributed by atoms with Gasteiger partial charge in [-0.25, -0.2) is 0 Å². The first-order valence-corrected chi connectivity index (χ1v) is 5.69. The molecule has 2 N–H and O–H groups in total. The summed E-state index contributed by atoms with van der Waals surface area (Å²) in [6, 6.07) is 6.00. The lowest BCUT2D eigenvalue weighted by molar-refractivity contribution is -0.384. The second kappa shape index (κ2) is 6.57. The highest BCUT2D eigenvalue weighted by molar-refractivity contribution is 5.61. The molecule has 18 heavy (non-hydrogen) atoms. The number of aliphatic hydroxyl groups excluding tert-OH is 1. The lowest BCUT2D eigenvalue weighted by Gasteiger charge is -2.10. The van der Waals surface area contributed by atoms with Gasteiger partial charge in [0.25, 0.3) is 5.69 Å². The molecule has 1 unspecified atom stereocenters. The van der Waals surface area contributed by atoms with Crippen LogP contribution < -0.4 is 5.32 Å². The van der Waals surface area contributed by atoms with Crippen LogP contribution in [0.15, 0.2) is 18.2 Å². The fourth-order valence-corrected chi connectivity index (χ4v) is 1.47. The van der Waals surface area contributed by atoms with Gasteiger partial charge in [-0.1, -0.05) is 6.92 Å². The van der Waals surface area contributed by atoms with Crippen LogP contribution in [-0.2, 0) is 0 Å². The van der Waals surface area contributed by atoms with Gasteiger partial charge in [-0.05, 0) is 18.9 Å². The van der Waals surface area contributed by atoms with Crippen molar-refractivity contribution in [3.63, 3.8) is 0 Å². The fraction of sp³-hybridized carbons (Fsp3) is 0.417. The second-order valence-corrected chi connectivity index (χ2v) is 3.88. The molecule has 0 radical (unpaired) electrons. The molecule has 0 fully saturated rings. The van der Waals surface area contributed by atoms with Gasteiger partial charge in [0.1, 0.15) is 6.07 Å². The molecule has 0 spiro atoms. The largest absolute Gasteiger partial charge is 0.393 e. The summed E-state index contributed by atoms with van der Waals surface area (Å²) in [7, 11) is 0. The molecule has 0 saturated carbocycles. The third-order valence-electron chi connectivity index (χ3n) is 2.60. The Balaban J connectivity index is 2.72. The molecule has 1 aromatic rings. The topological polar surface area (TPSA) is 99.2 Å². The fourth-order valence-electron chi connectivity index (χ4n) is 1.47. The first-order valence-electron chi connectivity index (χ1n) is 5.69. The molecule has 0 aliphatic rings. The van der Waals surface area contributed by atoms with Gasteiger partial charge >= 0.3 is 0 Å². The van der Waals surface area contributed by atoms with E-state index >= 15 is 0 Å². The van der Waals surface area contributed by atoms with Crippen LogP contribution in [0.5, 0.6) is 0 Å². The van der Waals surface area contributed by atoms with Crippen molar-refractivity contribution in [3.8, 4) is 6.07 Å². The number of hydrogen-bond donors (Lipinski definition) is 2. The molecule has 1 atom stereocenters. The van der Waals surface area contributed by atoms with Crippen LogP contribution in [0.2, 0.25) is 0 Å². The highest BCUT2D eigenvalue weighted by Gasteiger charge is 2.10. The lowest BCUT2D eigenvalue weighted by atomic mass is 10.1.